The second-order valence-corrected chi connectivity index (χ2v) is 9.80. The van der Waals surface area contributed by atoms with Gasteiger partial charge in [-0.3, -0.25) is 0 Å². The number of ether oxygens (including phenoxy) is 7. The van der Waals surface area contributed by atoms with Crippen LogP contribution in [-0.2, 0) is 33.2 Å². The maximum atomic E-state index is 6.46. The highest BCUT2D eigenvalue weighted by molar-refractivity contribution is 7.10. The molecule has 0 aliphatic carbocycles. The van der Waals surface area contributed by atoms with Gasteiger partial charge in [-0.05, 0) is 40.7 Å². The van der Waals surface area contributed by atoms with Gasteiger partial charge in [-0.2, -0.15) is 0 Å². The summed E-state index contributed by atoms with van der Waals surface area (Å²) in [6, 6.07) is 0. The Bertz CT molecular complexity index is 795. The molecule has 0 radical (unpaired) electrons. The van der Waals surface area contributed by atoms with E-state index in [0.29, 0.717) is 18.8 Å². The van der Waals surface area contributed by atoms with Gasteiger partial charge in [0.15, 0.2) is 28.6 Å². The Morgan fingerprint density at radius 2 is 1.73 bits per heavy atom. The van der Waals surface area contributed by atoms with Crippen LogP contribution in [-0.4, -0.2) is 60.2 Å². The Morgan fingerprint density at radius 1 is 1.03 bits per heavy atom. The standard InChI is InChI=1S/C21H29NO7S/c1-6-23-13-10-11(9-12(24-13)18-22-7-8-30-18)14-15-16(27-20(2,3)26-15)17-19(25-14)29-21(4,5)28-17/h7-9,11,13-17,19H,6,10H2,1-5H3/t11-,13+,14+,15-,16-,17+,19+/m0/s1. The van der Waals surface area contributed by atoms with Crippen molar-refractivity contribution in [1.29, 1.82) is 0 Å². The first kappa shape index (κ1) is 20.8. The van der Waals surface area contributed by atoms with Gasteiger partial charge in [0.2, 0.25) is 6.29 Å². The zero-order valence-electron chi connectivity index (χ0n) is 17.9. The van der Waals surface area contributed by atoms with Crippen LogP contribution in [0.1, 0.15) is 46.0 Å². The number of aromatic nitrogens is 1. The van der Waals surface area contributed by atoms with Crippen molar-refractivity contribution in [2.24, 2.45) is 5.92 Å². The molecular formula is C21H29NO7S. The zero-order valence-corrected chi connectivity index (χ0v) is 18.7. The largest absolute Gasteiger partial charge is 0.462 e. The summed E-state index contributed by atoms with van der Waals surface area (Å²) in [7, 11) is 0. The number of rotatable bonds is 4. The Kier molecular flexibility index (Phi) is 5.21. The molecule has 0 saturated carbocycles. The molecule has 5 rings (SSSR count). The van der Waals surface area contributed by atoms with Crippen LogP contribution in [0, 0.1) is 5.92 Å². The molecule has 0 bridgehead atoms. The lowest BCUT2D eigenvalue weighted by Gasteiger charge is -2.42. The summed E-state index contributed by atoms with van der Waals surface area (Å²) < 4.78 is 43.1. The molecule has 8 nitrogen and oxygen atoms in total. The number of hydrogen-bond donors (Lipinski definition) is 0. The molecule has 3 fully saturated rings. The monoisotopic (exact) mass is 439 g/mol. The van der Waals surface area contributed by atoms with Gasteiger partial charge in [0.1, 0.15) is 18.3 Å². The van der Waals surface area contributed by atoms with E-state index >= 15 is 0 Å². The third-order valence-corrected chi connectivity index (χ3v) is 6.48. The molecule has 1 aromatic heterocycles. The predicted octanol–water partition coefficient (Wildman–Crippen LogP) is 3.28. The maximum Gasteiger partial charge on any atom is 0.200 e. The van der Waals surface area contributed by atoms with Crippen LogP contribution in [0.2, 0.25) is 0 Å². The molecule has 3 saturated heterocycles. The predicted molar refractivity (Wildman–Crippen MR) is 107 cm³/mol. The molecule has 166 valence electrons. The first-order valence-corrected chi connectivity index (χ1v) is 11.4. The number of fused-ring (bicyclic) bond motifs is 3. The average molecular weight is 440 g/mol. The van der Waals surface area contributed by atoms with Gasteiger partial charge in [0.25, 0.3) is 0 Å². The normalized spacial score (nSPS) is 41.6. The lowest BCUT2D eigenvalue weighted by Crippen LogP contribution is -2.57. The molecule has 0 aromatic carbocycles. The van der Waals surface area contributed by atoms with Crippen molar-refractivity contribution in [3.63, 3.8) is 0 Å². The van der Waals surface area contributed by atoms with Crippen LogP contribution < -0.4 is 0 Å². The molecule has 4 aliphatic rings. The van der Waals surface area contributed by atoms with Gasteiger partial charge in [0, 0.05) is 30.5 Å². The van der Waals surface area contributed by atoms with Crippen molar-refractivity contribution in [1.82, 2.24) is 4.98 Å². The SMILES string of the molecule is CCO[C@H]1C[C@@H]([C@H]2O[C@@H]3OC(C)(C)O[C@@H]3[C@H]3OC(C)(C)O[C@H]32)C=C(c2nccs2)O1. The molecule has 9 heteroatoms. The van der Waals surface area contributed by atoms with Crippen molar-refractivity contribution >= 4 is 17.1 Å². The highest BCUT2D eigenvalue weighted by Gasteiger charge is 2.62. The fraction of sp³-hybridized carbons (Fsp3) is 0.762. The molecule has 0 unspecified atom stereocenters. The molecule has 7 atom stereocenters. The molecule has 30 heavy (non-hydrogen) atoms. The van der Waals surface area contributed by atoms with Crippen molar-refractivity contribution in [2.75, 3.05) is 6.61 Å². The van der Waals surface area contributed by atoms with Crippen LogP contribution in [0.3, 0.4) is 0 Å². The van der Waals surface area contributed by atoms with E-state index in [9.17, 15) is 0 Å². The summed E-state index contributed by atoms with van der Waals surface area (Å²) in [6.45, 7) is 10.1. The quantitative estimate of drug-likeness (QED) is 0.707. The van der Waals surface area contributed by atoms with Crippen LogP contribution in [0.5, 0.6) is 0 Å². The van der Waals surface area contributed by atoms with E-state index < -0.39 is 17.9 Å². The third-order valence-electron chi connectivity index (χ3n) is 5.70. The maximum absolute atomic E-state index is 6.46. The molecule has 4 aliphatic heterocycles. The second kappa shape index (κ2) is 7.51. The van der Waals surface area contributed by atoms with Crippen LogP contribution in [0.25, 0.3) is 5.76 Å². The first-order chi connectivity index (χ1) is 14.2. The molecule has 5 heterocycles. The highest BCUT2D eigenvalue weighted by Crippen LogP contribution is 2.47. The minimum absolute atomic E-state index is 0.0209. The van der Waals surface area contributed by atoms with Crippen LogP contribution in [0.4, 0.5) is 0 Å². The summed E-state index contributed by atoms with van der Waals surface area (Å²) in [5.74, 6) is -0.776. The van der Waals surface area contributed by atoms with Gasteiger partial charge < -0.3 is 33.2 Å². The second-order valence-electron chi connectivity index (χ2n) is 8.90. The van der Waals surface area contributed by atoms with Crippen molar-refractivity contribution < 1.29 is 33.2 Å². The van der Waals surface area contributed by atoms with Gasteiger partial charge in [0.05, 0.1) is 6.10 Å². The summed E-state index contributed by atoms with van der Waals surface area (Å²) in [5.41, 5.74) is 0. The number of nitrogens with zero attached hydrogens (tertiary/aromatic N) is 1. The van der Waals surface area contributed by atoms with Gasteiger partial charge >= 0.3 is 0 Å². The lowest BCUT2D eigenvalue weighted by molar-refractivity contribution is -0.247. The number of hydrogen-bond acceptors (Lipinski definition) is 9. The fourth-order valence-electron chi connectivity index (χ4n) is 4.68. The summed E-state index contributed by atoms with van der Waals surface area (Å²) in [4.78, 5) is 4.40. The molecule has 0 N–H and O–H groups in total. The molecule has 0 spiro atoms. The highest BCUT2D eigenvalue weighted by atomic mass is 32.1. The minimum Gasteiger partial charge on any atom is -0.462 e. The summed E-state index contributed by atoms with van der Waals surface area (Å²) in [5, 5.41) is 2.75. The number of thiazole rings is 1. The van der Waals surface area contributed by atoms with E-state index in [0.717, 1.165) is 5.01 Å². The van der Waals surface area contributed by atoms with Crippen molar-refractivity contribution in [3.05, 3.63) is 22.7 Å². The zero-order chi connectivity index (χ0) is 21.1. The third kappa shape index (κ3) is 3.81. The van der Waals surface area contributed by atoms with E-state index in [1.165, 1.54) is 11.3 Å². The van der Waals surface area contributed by atoms with E-state index in [4.69, 9.17) is 33.2 Å². The van der Waals surface area contributed by atoms with Gasteiger partial charge in [-0.25, -0.2) is 4.98 Å². The minimum atomic E-state index is -0.740. The molecular weight excluding hydrogens is 410 g/mol. The first-order valence-electron chi connectivity index (χ1n) is 10.5. The fourth-order valence-corrected chi connectivity index (χ4v) is 5.29. The Labute approximate surface area is 180 Å². The van der Waals surface area contributed by atoms with Crippen molar-refractivity contribution in [3.8, 4) is 0 Å². The summed E-state index contributed by atoms with van der Waals surface area (Å²) in [6.07, 6.45) is 2.38. The Hall–Kier alpha value is -1.07. The van der Waals surface area contributed by atoms with Crippen LogP contribution >= 0.6 is 11.3 Å². The Morgan fingerprint density at radius 3 is 2.43 bits per heavy atom. The molecule has 1 aromatic rings. The van der Waals surface area contributed by atoms with Crippen molar-refractivity contribution in [2.45, 2.75) is 89.6 Å². The van der Waals surface area contributed by atoms with Gasteiger partial charge in [-0.15, -0.1) is 11.3 Å². The topological polar surface area (TPSA) is 77.5 Å². The van der Waals surface area contributed by atoms with E-state index in [-0.39, 0.29) is 36.6 Å². The van der Waals surface area contributed by atoms with E-state index in [2.05, 4.69) is 11.1 Å². The lowest BCUT2D eigenvalue weighted by atomic mass is 9.86. The van der Waals surface area contributed by atoms with Crippen LogP contribution in [0.15, 0.2) is 17.7 Å². The molecule has 0 amide bonds. The average Bonchev–Trinajstić information content (AvgIpc) is 3.36. The Balaban J connectivity index is 1.47. The van der Waals surface area contributed by atoms with E-state index in [1.54, 1.807) is 6.20 Å². The van der Waals surface area contributed by atoms with Gasteiger partial charge in [-0.1, -0.05) is 0 Å². The summed E-state index contributed by atoms with van der Waals surface area (Å²) >= 11 is 1.53. The van der Waals surface area contributed by atoms with E-state index in [1.807, 2.05) is 40.0 Å². The smallest absolute Gasteiger partial charge is 0.200 e.